The van der Waals surface area contributed by atoms with Gasteiger partial charge in [0, 0.05) is 6.54 Å². The lowest BCUT2D eigenvalue weighted by Gasteiger charge is -2.18. The van der Waals surface area contributed by atoms with Crippen LogP contribution in [-0.2, 0) is 11.3 Å². The number of aliphatic hydroxyl groups is 1. The van der Waals surface area contributed by atoms with E-state index >= 15 is 0 Å². The first-order chi connectivity index (χ1) is 9.63. The Labute approximate surface area is 122 Å². The molecule has 7 heteroatoms. The Balaban J connectivity index is 2.53. The summed E-state index contributed by atoms with van der Waals surface area (Å²) in [6, 6.07) is 2.63. The van der Waals surface area contributed by atoms with E-state index in [1.165, 1.54) is 0 Å². The first kappa shape index (κ1) is 16.9. The summed E-state index contributed by atoms with van der Waals surface area (Å²) < 4.78 is 13.5. The van der Waals surface area contributed by atoms with Gasteiger partial charge in [-0.1, -0.05) is 12.1 Å². The summed E-state index contributed by atoms with van der Waals surface area (Å²) in [5, 5.41) is 22.9. The predicted molar refractivity (Wildman–Crippen MR) is 74.4 cm³/mol. The average molecular weight is 298 g/mol. The van der Waals surface area contributed by atoms with Crippen LogP contribution in [0.2, 0.25) is 0 Å². The number of carboxylic acids is 1. The third-order valence-electron chi connectivity index (χ3n) is 3.00. The highest BCUT2D eigenvalue weighted by Crippen LogP contribution is 2.14. The van der Waals surface area contributed by atoms with Gasteiger partial charge in [-0.2, -0.15) is 0 Å². The minimum atomic E-state index is -2.03. The smallest absolute Gasteiger partial charge is 0.337 e. The van der Waals surface area contributed by atoms with Crippen LogP contribution in [0.1, 0.15) is 23.6 Å². The summed E-state index contributed by atoms with van der Waals surface area (Å²) in [5.41, 5.74) is -0.325. The molecular formula is C14H19FN2O4. The number of carbonyl (C=O) groups is 2. The van der Waals surface area contributed by atoms with Gasteiger partial charge in [-0.05, 0) is 37.5 Å². The number of urea groups is 1. The van der Waals surface area contributed by atoms with E-state index < -0.39 is 24.1 Å². The quantitative estimate of drug-likeness (QED) is 0.653. The SMILES string of the molecule is Cc1cc(CNC(=O)NCC(C)(O)C(=O)O)cc(C)c1F. The zero-order valence-corrected chi connectivity index (χ0v) is 12.2. The molecule has 6 nitrogen and oxygen atoms in total. The van der Waals surface area contributed by atoms with E-state index in [2.05, 4.69) is 10.6 Å². The number of aliphatic carboxylic acids is 1. The number of aryl methyl sites for hydroxylation is 2. The fraction of sp³-hybridized carbons (Fsp3) is 0.429. The summed E-state index contributed by atoms with van der Waals surface area (Å²) in [6.07, 6.45) is 0. The largest absolute Gasteiger partial charge is 0.479 e. The zero-order valence-electron chi connectivity index (χ0n) is 12.2. The third-order valence-corrected chi connectivity index (χ3v) is 3.00. The Bertz CT molecular complexity index is 535. The maximum atomic E-state index is 13.5. The summed E-state index contributed by atoms with van der Waals surface area (Å²) in [6.45, 7) is 4.10. The van der Waals surface area contributed by atoms with Crippen LogP contribution in [0.25, 0.3) is 0 Å². The molecule has 0 heterocycles. The number of carboxylic acid groups (broad SMARTS) is 1. The normalized spacial score (nSPS) is 13.4. The van der Waals surface area contributed by atoms with Crippen LogP contribution in [0.4, 0.5) is 9.18 Å². The second-order valence-corrected chi connectivity index (χ2v) is 5.16. The zero-order chi connectivity index (χ0) is 16.2. The lowest BCUT2D eigenvalue weighted by atomic mass is 10.1. The second-order valence-electron chi connectivity index (χ2n) is 5.16. The summed E-state index contributed by atoms with van der Waals surface area (Å²) in [4.78, 5) is 22.2. The summed E-state index contributed by atoms with van der Waals surface area (Å²) in [5.74, 6) is -1.70. The van der Waals surface area contributed by atoms with Gasteiger partial charge in [0.2, 0.25) is 0 Å². The van der Waals surface area contributed by atoms with Crippen molar-refractivity contribution in [1.29, 1.82) is 0 Å². The molecule has 1 rings (SSSR count). The molecule has 21 heavy (non-hydrogen) atoms. The highest BCUT2D eigenvalue weighted by Gasteiger charge is 2.30. The molecular weight excluding hydrogens is 279 g/mol. The first-order valence-corrected chi connectivity index (χ1v) is 6.36. The van der Waals surface area contributed by atoms with Gasteiger partial charge in [0.15, 0.2) is 5.60 Å². The molecule has 0 aliphatic rings. The van der Waals surface area contributed by atoms with E-state index in [4.69, 9.17) is 5.11 Å². The van der Waals surface area contributed by atoms with Crippen molar-refractivity contribution in [3.05, 3.63) is 34.6 Å². The maximum absolute atomic E-state index is 13.5. The standard InChI is InChI=1S/C14H19FN2O4/c1-8-4-10(5-9(2)11(8)15)6-16-13(20)17-7-14(3,21)12(18)19/h4-5,21H,6-7H2,1-3H3,(H,18,19)(H2,16,17,20). The molecule has 0 bridgehead atoms. The van der Waals surface area contributed by atoms with Crippen molar-refractivity contribution in [2.75, 3.05) is 6.54 Å². The van der Waals surface area contributed by atoms with Crippen LogP contribution < -0.4 is 10.6 Å². The molecule has 0 saturated heterocycles. The van der Waals surface area contributed by atoms with Crippen molar-refractivity contribution < 1.29 is 24.2 Å². The van der Waals surface area contributed by atoms with Crippen LogP contribution in [0.3, 0.4) is 0 Å². The van der Waals surface area contributed by atoms with Crippen molar-refractivity contribution in [2.24, 2.45) is 0 Å². The monoisotopic (exact) mass is 298 g/mol. The molecule has 0 aliphatic carbocycles. The number of nitrogens with one attached hydrogen (secondary N) is 2. The molecule has 0 fully saturated rings. The molecule has 1 aromatic rings. The number of halogens is 1. The summed E-state index contributed by atoms with van der Waals surface area (Å²) in [7, 11) is 0. The van der Waals surface area contributed by atoms with E-state index in [0.29, 0.717) is 11.1 Å². The first-order valence-electron chi connectivity index (χ1n) is 6.36. The van der Waals surface area contributed by atoms with Crippen LogP contribution in [0.15, 0.2) is 12.1 Å². The highest BCUT2D eigenvalue weighted by atomic mass is 19.1. The van der Waals surface area contributed by atoms with Crippen molar-refractivity contribution in [3.63, 3.8) is 0 Å². The second kappa shape index (κ2) is 6.53. The van der Waals surface area contributed by atoms with Gasteiger partial charge >= 0.3 is 12.0 Å². The predicted octanol–water partition coefficient (Wildman–Crippen LogP) is 1.08. The lowest BCUT2D eigenvalue weighted by molar-refractivity contribution is -0.155. The van der Waals surface area contributed by atoms with Crippen molar-refractivity contribution >= 4 is 12.0 Å². The van der Waals surface area contributed by atoms with E-state index in [-0.39, 0.29) is 12.4 Å². The minimum Gasteiger partial charge on any atom is -0.479 e. The fourth-order valence-corrected chi connectivity index (χ4v) is 1.71. The van der Waals surface area contributed by atoms with Gasteiger partial charge < -0.3 is 20.8 Å². The molecule has 1 atom stereocenters. The Morgan fingerprint density at radius 2 is 1.76 bits per heavy atom. The molecule has 1 unspecified atom stereocenters. The molecule has 0 saturated carbocycles. The fourth-order valence-electron chi connectivity index (χ4n) is 1.71. The Hall–Kier alpha value is -2.15. The van der Waals surface area contributed by atoms with Gasteiger partial charge in [0.25, 0.3) is 0 Å². The molecule has 0 aromatic heterocycles. The highest BCUT2D eigenvalue weighted by molar-refractivity contribution is 5.79. The number of hydrogen-bond acceptors (Lipinski definition) is 3. The van der Waals surface area contributed by atoms with Crippen molar-refractivity contribution in [3.8, 4) is 0 Å². The average Bonchev–Trinajstić information content (AvgIpc) is 2.40. The lowest BCUT2D eigenvalue weighted by Crippen LogP contribution is -2.49. The number of rotatable bonds is 5. The number of benzene rings is 1. The van der Waals surface area contributed by atoms with E-state index in [0.717, 1.165) is 12.5 Å². The van der Waals surface area contributed by atoms with E-state index in [9.17, 15) is 19.1 Å². The molecule has 0 spiro atoms. The van der Waals surface area contributed by atoms with E-state index in [1.807, 2.05) is 0 Å². The number of amides is 2. The van der Waals surface area contributed by atoms with Gasteiger partial charge in [-0.15, -0.1) is 0 Å². The van der Waals surface area contributed by atoms with Crippen LogP contribution in [0.5, 0.6) is 0 Å². The van der Waals surface area contributed by atoms with Crippen molar-refractivity contribution in [1.82, 2.24) is 10.6 Å². The maximum Gasteiger partial charge on any atom is 0.337 e. The number of hydrogen-bond donors (Lipinski definition) is 4. The van der Waals surface area contributed by atoms with Crippen LogP contribution in [-0.4, -0.2) is 34.4 Å². The molecule has 4 N–H and O–H groups in total. The molecule has 0 radical (unpaired) electrons. The molecule has 1 aromatic carbocycles. The van der Waals surface area contributed by atoms with Gasteiger partial charge in [0.05, 0.1) is 6.54 Å². The molecule has 116 valence electrons. The Morgan fingerprint density at radius 3 is 2.24 bits per heavy atom. The number of carbonyl (C=O) groups excluding carboxylic acids is 1. The van der Waals surface area contributed by atoms with E-state index in [1.54, 1.807) is 26.0 Å². The minimum absolute atomic E-state index is 0.170. The van der Waals surface area contributed by atoms with Gasteiger partial charge in [-0.25, -0.2) is 14.0 Å². The van der Waals surface area contributed by atoms with Crippen molar-refractivity contribution in [2.45, 2.75) is 32.9 Å². The van der Waals surface area contributed by atoms with Crippen LogP contribution >= 0.6 is 0 Å². The topological polar surface area (TPSA) is 98.7 Å². The third kappa shape index (κ3) is 4.71. The van der Waals surface area contributed by atoms with Crippen LogP contribution in [0, 0.1) is 19.7 Å². The van der Waals surface area contributed by atoms with Gasteiger partial charge in [-0.3, -0.25) is 0 Å². The molecule has 2 amide bonds. The Kier molecular flexibility index (Phi) is 5.26. The van der Waals surface area contributed by atoms with Gasteiger partial charge in [0.1, 0.15) is 5.82 Å². The molecule has 0 aliphatic heterocycles. The Morgan fingerprint density at radius 1 is 1.24 bits per heavy atom. The summed E-state index contributed by atoms with van der Waals surface area (Å²) >= 11 is 0.